The van der Waals surface area contributed by atoms with E-state index in [4.69, 9.17) is 5.73 Å². The molecule has 3 N–H and O–H groups in total. The van der Waals surface area contributed by atoms with Gasteiger partial charge in [-0.3, -0.25) is 9.69 Å². The summed E-state index contributed by atoms with van der Waals surface area (Å²) in [7, 11) is 0. The van der Waals surface area contributed by atoms with Crippen LogP contribution in [0.5, 0.6) is 0 Å². The second kappa shape index (κ2) is 7.40. The van der Waals surface area contributed by atoms with Gasteiger partial charge in [-0.2, -0.15) is 0 Å². The van der Waals surface area contributed by atoms with E-state index in [2.05, 4.69) is 26.7 Å². The molecule has 1 aliphatic heterocycles. The average Bonchev–Trinajstić information content (AvgIpc) is 2.71. The van der Waals surface area contributed by atoms with Crippen molar-refractivity contribution < 1.29 is 0 Å². The van der Waals surface area contributed by atoms with Gasteiger partial charge in [0, 0.05) is 44.6 Å². The van der Waals surface area contributed by atoms with Crippen LogP contribution in [0.2, 0.25) is 0 Å². The molecule has 1 unspecified atom stereocenters. The molecule has 1 fully saturated rings. The molecule has 1 aliphatic rings. The Morgan fingerprint density at radius 3 is 2.95 bits per heavy atom. The van der Waals surface area contributed by atoms with E-state index in [1.165, 1.54) is 0 Å². The van der Waals surface area contributed by atoms with E-state index in [1.54, 1.807) is 12.4 Å². The van der Waals surface area contributed by atoms with Gasteiger partial charge >= 0.3 is 0 Å². The highest BCUT2D eigenvalue weighted by Crippen LogP contribution is 2.14. The maximum Gasteiger partial charge on any atom is 0.290 e. The van der Waals surface area contributed by atoms with Gasteiger partial charge in [-0.05, 0) is 25.8 Å². The van der Waals surface area contributed by atoms with Gasteiger partial charge in [0.25, 0.3) is 5.56 Å². The van der Waals surface area contributed by atoms with E-state index < -0.39 is 0 Å². The summed E-state index contributed by atoms with van der Waals surface area (Å²) in [5.41, 5.74) is 5.59. The topological polar surface area (TPSA) is 78.2 Å². The number of hydrogen-bond acceptors (Lipinski definition) is 5. The maximum atomic E-state index is 11.8. The molecular formula is C14H25N5O. The van der Waals surface area contributed by atoms with E-state index in [1.807, 2.05) is 0 Å². The number of anilines is 1. The Morgan fingerprint density at radius 2 is 2.25 bits per heavy atom. The van der Waals surface area contributed by atoms with Crippen molar-refractivity contribution in [3.05, 3.63) is 22.7 Å². The van der Waals surface area contributed by atoms with Crippen LogP contribution in [0.3, 0.4) is 0 Å². The van der Waals surface area contributed by atoms with Crippen molar-refractivity contribution in [2.45, 2.75) is 32.2 Å². The van der Waals surface area contributed by atoms with Gasteiger partial charge < -0.3 is 15.6 Å². The third-order valence-electron chi connectivity index (χ3n) is 4.01. The molecule has 2 rings (SSSR count). The van der Waals surface area contributed by atoms with Crippen molar-refractivity contribution >= 4 is 5.82 Å². The second-order valence-corrected chi connectivity index (χ2v) is 5.26. The minimum Gasteiger partial charge on any atom is -0.351 e. The zero-order chi connectivity index (χ0) is 14.4. The lowest BCUT2D eigenvalue weighted by atomic mass is 10.1. The highest BCUT2D eigenvalue weighted by Gasteiger charge is 2.22. The summed E-state index contributed by atoms with van der Waals surface area (Å²) in [4.78, 5) is 23.3. The number of aromatic amines is 1. The van der Waals surface area contributed by atoms with Crippen LogP contribution in [0.25, 0.3) is 0 Å². The van der Waals surface area contributed by atoms with E-state index in [9.17, 15) is 4.79 Å². The molecule has 0 aromatic carbocycles. The summed E-state index contributed by atoms with van der Waals surface area (Å²) in [6.07, 6.45) is 6.44. The third kappa shape index (κ3) is 3.58. The Labute approximate surface area is 120 Å². The van der Waals surface area contributed by atoms with Crippen molar-refractivity contribution in [2.75, 3.05) is 37.6 Å². The van der Waals surface area contributed by atoms with Crippen molar-refractivity contribution in [1.29, 1.82) is 0 Å². The fourth-order valence-corrected chi connectivity index (χ4v) is 2.92. The van der Waals surface area contributed by atoms with E-state index >= 15 is 0 Å². The minimum atomic E-state index is -0.102. The molecule has 0 saturated carbocycles. The summed E-state index contributed by atoms with van der Waals surface area (Å²) >= 11 is 0. The van der Waals surface area contributed by atoms with Crippen LogP contribution in [0.1, 0.15) is 26.2 Å². The Bertz CT molecular complexity index is 461. The van der Waals surface area contributed by atoms with Gasteiger partial charge in [-0.25, -0.2) is 4.98 Å². The Hall–Kier alpha value is -1.40. The first-order valence-electron chi connectivity index (χ1n) is 7.49. The molecule has 0 aliphatic carbocycles. The van der Waals surface area contributed by atoms with Crippen molar-refractivity contribution in [3.63, 3.8) is 0 Å². The lowest BCUT2D eigenvalue weighted by molar-refractivity contribution is 0.196. The van der Waals surface area contributed by atoms with Gasteiger partial charge in [-0.15, -0.1) is 0 Å². The third-order valence-corrected chi connectivity index (χ3v) is 4.01. The molecule has 6 heteroatoms. The van der Waals surface area contributed by atoms with Crippen molar-refractivity contribution in [1.82, 2.24) is 14.9 Å². The van der Waals surface area contributed by atoms with Crippen LogP contribution in [0.15, 0.2) is 17.2 Å². The number of nitrogens with two attached hydrogens (primary N) is 1. The quantitative estimate of drug-likeness (QED) is 0.816. The molecule has 6 nitrogen and oxygen atoms in total. The molecule has 2 heterocycles. The maximum absolute atomic E-state index is 11.8. The zero-order valence-electron chi connectivity index (χ0n) is 12.2. The normalized spacial score (nSPS) is 18.8. The molecule has 112 valence electrons. The average molecular weight is 279 g/mol. The molecule has 20 heavy (non-hydrogen) atoms. The van der Waals surface area contributed by atoms with Crippen LogP contribution >= 0.6 is 0 Å². The van der Waals surface area contributed by atoms with Crippen LogP contribution in [-0.4, -0.2) is 53.6 Å². The van der Waals surface area contributed by atoms with Crippen molar-refractivity contribution in [2.24, 2.45) is 5.73 Å². The molecule has 0 amide bonds. The highest BCUT2D eigenvalue weighted by atomic mass is 16.1. The fourth-order valence-electron chi connectivity index (χ4n) is 2.92. The van der Waals surface area contributed by atoms with Gasteiger partial charge in [0.2, 0.25) is 0 Å². The first-order chi connectivity index (χ1) is 9.76. The van der Waals surface area contributed by atoms with E-state index in [-0.39, 0.29) is 5.56 Å². The van der Waals surface area contributed by atoms with Crippen LogP contribution in [0.4, 0.5) is 5.82 Å². The number of nitrogens with zero attached hydrogens (tertiary/aromatic N) is 3. The number of nitrogens with one attached hydrogen (secondary N) is 1. The Balaban J connectivity index is 2.02. The molecule has 0 spiro atoms. The molecule has 1 atom stereocenters. The summed E-state index contributed by atoms with van der Waals surface area (Å²) < 4.78 is 0. The van der Waals surface area contributed by atoms with Gasteiger partial charge in [-0.1, -0.05) is 6.92 Å². The van der Waals surface area contributed by atoms with Gasteiger partial charge in [0.1, 0.15) is 0 Å². The number of aromatic nitrogens is 2. The predicted octanol–water partition coefficient (Wildman–Crippen LogP) is 0.409. The molecule has 1 saturated heterocycles. The van der Waals surface area contributed by atoms with Crippen molar-refractivity contribution in [3.8, 4) is 0 Å². The van der Waals surface area contributed by atoms with Gasteiger partial charge in [0.05, 0.1) is 0 Å². The summed E-state index contributed by atoms with van der Waals surface area (Å²) in [5.74, 6) is 0.543. The smallest absolute Gasteiger partial charge is 0.290 e. The van der Waals surface area contributed by atoms with E-state index in [0.29, 0.717) is 11.9 Å². The first kappa shape index (κ1) is 15.0. The standard InChI is InChI=1S/C14H25N5O/c1-2-12(4-5-15)18-8-3-9-19(11-10-18)13-14(20)17-7-6-16-13/h6-7,12H,2-5,8-11,15H2,1H3,(H,17,20). The van der Waals surface area contributed by atoms with E-state index in [0.717, 1.165) is 52.0 Å². The molecular weight excluding hydrogens is 254 g/mol. The van der Waals surface area contributed by atoms with Crippen LogP contribution in [-0.2, 0) is 0 Å². The highest BCUT2D eigenvalue weighted by molar-refractivity contribution is 5.35. The SMILES string of the molecule is CCC(CCN)N1CCCN(c2ncc[nH]c2=O)CC1. The summed E-state index contributed by atoms with van der Waals surface area (Å²) in [6, 6.07) is 0.557. The lowest BCUT2D eigenvalue weighted by Gasteiger charge is -2.29. The molecule has 1 aromatic rings. The monoisotopic (exact) mass is 279 g/mol. The summed E-state index contributed by atoms with van der Waals surface area (Å²) in [6.45, 7) is 6.72. The Morgan fingerprint density at radius 1 is 1.40 bits per heavy atom. The number of hydrogen-bond donors (Lipinski definition) is 2. The van der Waals surface area contributed by atoms with Gasteiger partial charge in [0.15, 0.2) is 5.82 Å². The fraction of sp³-hybridized carbons (Fsp3) is 0.714. The Kier molecular flexibility index (Phi) is 5.55. The number of rotatable bonds is 5. The first-order valence-corrected chi connectivity index (χ1v) is 7.49. The summed E-state index contributed by atoms with van der Waals surface area (Å²) in [5, 5.41) is 0. The number of H-pyrrole nitrogens is 1. The molecule has 0 bridgehead atoms. The largest absolute Gasteiger partial charge is 0.351 e. The zero-order valence-corrected chi connectivity index (χ0v) is 12.2. The molecule has 0 radical (unpaired) electrons. The lowest BCUT2D eigenvalue weighted by Crippen LogP contribution is -2.40. The molecule has 1 aromatic heterocycles. The second-order valence-electron chi connectivity index (χ2n) is 5.26. The minimum absolute atomic E-state index is 0.102. The predicted molar refractivity (Wildman–Crippen MR) is 81.0 cm³/mol. The van der Waals surface area contributed by atoms with Crippen LogP contribution < -0.4 is 16.2 Å². The van der Waals surface area contributed by atoms with Crippen LogP contribution in [0, 0.1) is 0 Å².